The van der Waals surface area contributed by atoms with Gasteiger partial charge < -0.3 is 29.4 Å². The van der Waals surface area contributed by atoms with Gasteiger partial charge in [0.1, 0.15) is 0 Å². The van der Waals surface area contributed by atoms with Gasteiger partial charge in [-0.25, -0.2) is 0 Å². The Hall–Kier alpha value is -12.5. The highest BCUT2D eigenvalue weighted by Crippen LogP contribution is 2.53. The number of benzene rings is 15. The number of rotatable bonds is 13. The molecular formula is C92H68B2N6. The first-order valence-electron chi connectivity index (χ1n) is 35.1. The molecule has 0 N–H and O–H groups in total. The summed E-state index contributed by atoms with van der Waals surface area (Å²) in [5.41, 5.74) is 33.3. The van der Waals surface area contributed by atoms with Gasteiger partial charge in [-0.1, -0.05) is 214 Å². The van der Waals surface area contributed by atoms with E-state index in [0.717, 1.165) is 92.2 Å². The van der Waals surface area contributed by atoms with Crippen LogP contribution in [-0.2, 0) is 12.8 Å². The van der Waals surface area contributed by atoms with E-state index in [1.165, 1.54) is 88.9 Å². The van der Waals surface area contributed by atoms with Gasteiger partial charge >= 0.3 is 0 Å². The van der Waals surface area contributed by atoms with Crippen molar-refractivity contribution in [2.45, 2.75) is 26.7 Å². The summed E-state index contributed by atoms with van der Waals surface area (Å²) in [4.78, 5) is 15.2. The Kier molecular flexibility index (Phi) is 14.3. The van der Waals surface area contributed by atoms with Crippen LogP contribution in [0.25, 0.3) is 21.9 Å². The fourth-order valence-electron chi connectivity index (χ4n) is 16.9. The third-order valence-corrected chi connectivity index (χ3v) is 21.0. The molecule has 0 spiro atoms. The molecule has 0 saturated carbocycles. The zero-order valence-electron chi connectivity index (χ0n) is 55.7. The third kappa shape index (κ3) is 9.35. The van der Waals surface area contributed by atoms with Gasteiger partial charge in [0, 0.05) is 102 Å². The second-order valence-corrected chi connectivity index (χ2v) is 26.4. The topological polar surface area (TPSA) is 19.4 Å². The molecule has 0 radical (unpaired) electrons. The maximum atomic E-state index is 2.67. The molecule has 15 aromatic carbocycles. The van der Waals surface area contributed by atoms with Gasteiger partial charge in [-0.05, 0) is 225 Å². The Morgan fingerprint density at radius 2 is 0.640 bits per heavy atom. The van der Waals surface area contributed by atoms with Crippen molar-refractivity contribution in [3.8, 4) is 11.1 Å². The molecule has 15 aromatic rings. The van der Waals surface area contributed by atoms with Crippen molar-refractivity contribution in [1.29, 1.82) is 0 Å². The van der Waals surface area contributed by atoms with Crippen molar-refractivity contribution in [2.75, 3.05) is 29.4 Å². The predicted octanol–water partition coefficient (Wildman–Crippen LogP) is 20.7. The maximum absolute atomic E-state index is 2.67. The Balaban J connectivity index is 0.907. The predicted molar refractivity (Wildman–Crippen MR) is 426 cm³/mol. The van der Waals surface area contributed by atoms with Crippen LogP contribution in [0.4, 0.5) is 102 Å². The molecule has 0 bridgehead atoms. The first-order chi connectivity index (χ1) is 49.6. The summed E-state index contributed by atoms with van der Waals surface area (Å²) in [6, 6.07) is 131. The van der Waals surface area contributed by atoms with Crippen LogP contribution in [0.2, 0.25) is 0 Å². The molecule has 8 heteroatoms. The lowest BCUT2D eigenvalue weighted by atomic mass is 9.30. The number of aryl methyl sites for hydroxylation is 1. The average Bonchev–Trinajstić information content (AvgIpc) is 0.681. The molecule has 0 unspecified atom stereocenters. The van der Waals surface area contributed by atoms with Crippen LogP contribution in [0.1, 0.15) is 25.0 Å². The number of nitrogens with zero attached hydrogens (tertiary/aromatic N) is 6. The monoisotopic (exact) mass is 1280 g/mol. The lowest BCUT2D eigenvalue weighted by Crippen LogP contribution is -2.65. The lowest BCUT2D eigenvalue weighted by Gasteiger charge is -2.48. The molecular weight excluding hydrogens is 1210 g/mol. The summed E-state index contributed by atoms with van der Waals surface area (Å²) in [5, 5.41) is 2.32. The van der Waals surface area contributed by atoms with E-state index in [1.54, 1.807) is 0 Å². The van der Waals surface area contributed by atoms with Crippen LogP contribution in [0.3, 0.4) is 0 Å². The molecule has 4 heterocycles. The standard InChI is InChI=1S/C92H68B2N6/c1-3-63-57-73(95(65-33-13-5-14-34-65)66-35-15-6-16-36-66)53-55-76(63)78-60-88-90-91(75(78)4-2)99(71-45-25-11-26-46-71)84-52-32-30-50-80(84)94(90)81-61-82-86(62-85(81)98(88)70-43-23-10-24-44-70)100(72-47-27-12-28-48-72)92-77-56-54-74(96(67-37-17-7-18-38-67)68-39-19-8-20-40-68)58-64(77)59-87-89(92)93(82)79-49-29-31-51-83(79)97(87)69-41-21-9-22-42-69/h5-62H,3-4H2,1-2H3. The number of anilines is 18. The van der Waals surface area contributed by atoms with Crippen LogP contribution in [0.15, 0.2) is 352 Å². The van der Waals surface area contributed by atoms with Crippen molar-refractivity contribution in [3.63, 3.8) is 0 Å². The summed E-state index contributed by atoms with van der Waals surface area (Å²) in [7, 11) is 0. The van der Waals surface area contributed by atoms with E-state index < -0.39 is 0 Å². The Labute approximate surface area is 585 Å². The molecule has 0 aliphatic carbocycles. The van der Waals surface area contributed by atoms with Crippen molar-refractivity contribution < 1.29 is 0 Å². The van der Waals surface area contributed by atoms with Crippen LogP contribution < -0.4 is 62.2 Å². The maximum Gasteiger partial charge on any atom is 0.252 e. The molecule has 0 atom stereocenters. The van der Waals surface area contributed by atoms with E-state index in [2.05, 4.69) is 395 Å². The summed E-state index contributed by atoms with van der Waals surface area (Å²) in [6.07, 6.45) is 1.64. The van der Waals surface area contributed by atoms with E-state index >= 15 is 0 Å². The number of hydrogen-bond donors (Lipinski definition) is 0. The highest BCUT2D eigenvalue weighted by atomic mass is 15.2. The van der Waals surface area contributed by atoms with E-state index in [9.17, 15) is 0 Å². The number of fused-ring (bicyclic) bond motifs is 10. The fraction of sp³-hybridized carbons (Fsp3) is 0.0435. The SMILES string of the molecule is CCc1cc(N(c2ccccc2)c2ccccc2)ccc1-c1cc2c3c(c1CC)N(c1ccccc1)c1ccccc1B3c1cc3c(cc1N2c1ccccc1)N(c1ccccc1)c1c2c(cc4cc(N(c5ccccc5)c5ccccc5)ccc14)N(c1ccccc1)c1ccccc1B32. The van der Waals surface area contributed by atoms with Crippen LogP contribution >= 0.6 is 0 Å². The first-order valence-corrected chi connectivity index (χ1v) is 35.1. The van der Waals surface area contributed by atoms with Crippen LogP contribution in [0, 0.1) is 0 Å². The summed E-state index contributed by atoms with van der Waals surface area (Å²) in [6.45, 7) is 4.37. The smallest absolute Gasteiger partial charge is 0.252 e. The minimum absolute atomic E-state index is 0.156. The second-order valence-electron chi connectivity index (χ2n) is 26.4. The van der Waals surface area contributed by atoms with Crippen LogP contribution in [0.5, 0.6) is 0 Å². The molecule has 100 heavy (non-hydrogen) atoms. The van der Waals surface area contributed by atoms with E-state index in [1.807, 2.05) is 0 Å². The quantitative estimate of drug-likeness (QED) is 0.106. The molecule has 4 aliphatic heterocycles. The minimum Gasteiger partial charge on any atom is -0.311 e. The second kappa shape index (κ2) is 24.2. The zero-order valence-corrected chi connectivity index (χ0v) is 55.7. The summed E-state index contributed by atoms with van der Waals surface area (Å²) in [5.74, 6) is 0. The Morgan fingerprint density at radius 1 is 0.260 bits per heavy atom. The summed E-state index contributed by atoms with van der Waals surface area (Å²) < 4.78 is 0. The van der Waals surface area contributed by atoms with Crippen molar-refractivity contribution in [3.05, 3.63) is 363 Å². The molecule has 472 valence electrons. The lowest BCUT2D eigenvalue weighted by molar-refractivity contribution is 1.10. The third-order valence-electron chi connectivity index (χ3n) is 21.0. The van der Waals surface area contributed by atoms with E-state index in [4.69, 9.17) is 0 Å². The van der Waals surface area contributed by atoms with Crippen molar-refractivity contribution >= 4 is 159 Å². The fourth-order valence-corrected chi connectivity index (χ4v) is 16.9. The molecule has 0 aromatic heterocycles. The van der Waals surface area contributed by atoms with Crippen molar-refractivity contribution in [2.24, 2.45) is 0 Å². The highest BCUT2D eigenvalue weighted by Gasteiger charge is 2.49. The van der Waals surface area contributed by atoms with Gasteiger partial charge in [-0.3, -0.25) is 0 Å². The minimum atomic E-state index is -0.162. The van der Waals surface area contributed by atoms with E-state index in [-0.39, 0.29) is 13.4 Å². The van der Waals surface area contributed by atoms with Crippen LogP contribution in [-0.4, -0.2) is 13.4 Å². The zero-order chi connectivity index (χ0) is 66.4. The van der Waals surface area contributed by atoms with Gasteiger partial charge in [-0.2, -0.15) is 0 Å². The van der Waals surface area contributed by atoms with Gasteiger partial charge in [0.25, 0.3) is 13.4 Å². The molecule has 0 amide bonds. The molecule has 6 nitrogen and oxygen atoms in total. The van der Waals surface area contributed by atoms with Gasteiger partial charge in [0.2, 0.25) is 0 Å². The molecule has 0 fully saturated rings. The van der Waals surface area contributed by atoms with E-state index in [0.29, 0.717) is 0 Å². The molecule has 4 aliphatic rings. The van der Waals surface area contributed by atoms with Crippen molar-refractivity contribution in [1.82, 2.24) is 0 Å². The Morgan fingerprint density at radius 3 is 1.12 bits per heavy atom. The Bertz CT molecular complexity index is 5530. The van der Waals surface area contributed by atoms with Gasteiger partial charge in [0.15, 0.2) is 0 Å². The normalized spacial score (nSPS) is 12.9. The van der Waals surface area contributed by atoms with Gasteiger partial charge in [0.05, 0.1) is 5.69 Å². The molecule has 19 rings (SSSR count). The number of hydrogen-bond acceptors (Lipinski definition) is 6. The highest BCUT2D eigenvalue weighted by molar-refractivity contribution is 7.03. The largest absolute Gasteiger partial charge is 0.311 e. The first kappa shape index (κ1) is 58.8. The molecule has 0 saturated heterocycles. The summed E-state index contributed by atoms with van der Waals surface area (Å²) >= 11 is 0. The number of para-hydroxylation sites is 10. The van der Waals surface area contributed by atoms with Gasteiger partial charge in [-0.15, -0.1) is 0 Å². The average molecular weight is 1280 g/mol.